The summed E-state index contributed by atoms with van der Waals surface area (Å²) in [6, 6.07) is 4.63. The van der Waals surface area contributed by atoms with Gasteiger partial charge in [0, 0.05) is 18.5 Å². The summed E-state index contributed by atoms with van der Waals surface area (Å²) in [5, 5.41) is 15.0. The number of aliphatic hydroxyl groups is 1. The van der Waals surface area contributed by atoms with Gasteiger partial charge >= 0.3 is 0 Å². The summed E-state index contributed by atoms with van der Waals surface area (Å²) in [6.45, 7) is 2.11. The first-order valence-corrected chi connectivity index (χ1v) is 7.54. The average molecular weight is 331 g/mol. The van der Waals surface area contributed by atoms with E-state index in [1.165, 1.54) is 6.07 Å². The first-order chi connectivity index (χ1) is 10.2. The first kappa shape index (κ1) is 18.9. The Kier molecular flexibility index (Phi) is 8.38. The highest BCUT2D eigenvalue weighted by Gasteiger charge is 2.14. The molecule has 1 fully saturated rings. The van der Waals surface area contributed by atoms with Gasteiger partial charge in [0.05, 0.1) is 6.61 Å². The number of amides is 1. The van der Waals surface area contributed by atoms with Gasteiger partial charge in [-0.15, -0.1) is 12.4 Å². The van der Waals surface area contributed by atoms with E-state index in [2.05, 4.69) is 10.6 Å². The second kappa shape index (κ2) is 9.77. The van der Waals surface area contributed by atoms with Crippen molar-refractivity contribution in [1.29, 1.82) is 0 Å². The van der Waals surface area contributed by atoms with Crippen LogP contribution in [-0.2, 0) is 17.9 Å². The topological polar surface area (TPSA) is 61.4 Å². The van der Waals surface area contributed by atoms with Gasteiger partial charge in [-0.05, 0) is 49.9 Å². The fourth-order valence-corrected chi connectivity index (χ4v) is 2.62. The van der Waals surface area contributed by atoms with Crippen LogP contribution in [0.5, 0.6) is 0 Å². The zero-order valence-electron chi connectivity index (χ0n) is 12.6. The third-order valence-corrected chi connectivity index (χ3v) is 4.02. The average Bonchev–Trinajstić information content (AvgIpc) is 2.52. The Hall–Kier alpha value is -1.17. The Morgan fingerprint density at radius 2 is 2.09 bits per heavy atom. The maximum absolute atomic E-state index is 13.5. The molecule has 0 aromatic heterocycles. The molecule has 0 atom stereocenters. The molecule has 0 saturated carbocycles. The Labute approximate surface area is 136 Å². The SMILES string of the molecule is Cl.O=C(CCC1CCNCC1)NCc1ccc(CO)c(F)c1. The van der Waals surface area contributed by atoms with Crippen LogP contribution in [0.3, 0.4) is 0 Å². The Morgan fingerprint density at radius 3 is 2.73 bits per heavy atom. The van der Waals surface area contributed by atoms with Crippen molar-refractivity contribution in [2.75, 3.05) is 13.1 Å². The molecular formula is C16H24ClFN2O2. The molecule has 1 aliphatic rings. The van der Waals surface area contributed by atoms with Gasteiger partial charge in [0.15, 0.2) is 0 Å². The summed E-state index contributed by atoms with van der Waals surface area (Å²) in [4.78, 5) is 11.8. The van der Waals surface area contributed by atoms with E-state index in [0.717, 1.165) is 32.4 Å². The molecule has 0 radical (unpaired) electrons. The second-order valence-electron chi connectivity index (χ2n) is 5.59. The molecule has 1 aromatic carbocycles. The number of aliphatic hydroxyl groups excluding tert-OH is 1. The smallest absolute Gasteiger partial charge is 0.220 e. The summed E-state index contributed by atoms with van der Waals surface area (Å²) >= 11 is 0. The van der Waals surface area contributed by atoms with Crippen molar-refractivity contribution < 1.29 is 14.3 Å². The van der Waals surface area contributed by atoms with Crippen LogP contribution in [0.15, 0.2) is 18.2 Å². The molecule has 1 saturated heterocycles. The number of hydrogen-bond donors (Lipinski definition) is 3. The molecule has 0 aliphatic carbocycles. The van der Waals surface area contributed by atoms with Crippen LogP contribution >= 0.6 is 12.4 Å². The standard InChI is InChI=1S/C16H23FN2O2.ClH/c17-15-9-13(1-3-14(15)11-20)10-19-16(21)4-2-12-5-7-18-8-6-12;/h1,3,9,12,18,20H,2,4-8,10-11H2,(H,19,21);1H. The monoisotopic (exact) mass is 330 g/mol. The minimum Gasteiger partial charge on any atom is -0.392 e. The largest absolute Gasteiger partial charge is 0.392 e. The summed E-state index contributed by atoms with van der Waals surface area (Å²) in [7, 11) is 0. The van der Waals surface area contributed by atoms with E-state index in [0.29, 0.717) is 24.4 Å². The molecule has 0 bridgehead atoms. The number of carbonyl (C=O) groups is 1. The van der Waals surface area contributed by atoms with Crippen LogP contribution in [0, 0.1) is 11.7 Å². The summed E-state index contributed by atoms with van der Waals surface area (Å²) in [5.74, 6) is 0.220. The molecule has 2 rings (SSSR count). The van der Waals surface area contributed by atoms with Gasteiger partial charge in [-0.25, -0.2) is 4.39 Å². The van der Waals surface area contributed by atoms with Crippen molar-refractivity contribution in [2.45, 2.75) is 38.8 Å². The van der Waals surface area contributed by atoms with Gasteiger partial charge in [-0.2, -0.15) is 0 Å². The Bertz CT molecular complexity index is 479. The van der Waals surface area contributed by atoms with Gasteiger partial charge < -0.3 is 15.7 Å². The van der Waals surface area contributed by atoms with Crippen LogP contribution in [0.1, 0.15) is 36.8 Å². The fraction of sp³-hybridized carbons (Fsp3) is 0.562. The predicted molar refractivity (Wildman–Crippen MR) is 86.2 cm³/mol. The summed E-state index contributed by atoms with van der Waals surface area (Å²) < 4.78 is 13.5. The predicted octanol–water partition coefficient (Wildman–Crippen LogP) is 2.14. The highest BCUT2D eigenvalue weighted by Crippen LogP contribution is 2.17. The van der Waals surface area contributed by atoms with Gasteiger partial charge in [0.25, 0.3) is 0 Å². The Morgan fingerprint density at radius 1 is 1.36 bits per heavy atom. The van der Waals surface area contributed by atoms with Crippen molar-refractivity contribution in [1.82, 2.24) is 10.6 Å². The molecule has 1 amide bonds. The van der Waals surface area contributed by atoms with E-state index in [4.69, 9.17) is 5.11 Å². The molecule has 124 valence electrons. The molecular weight excluding hydrogens is 307 g/mol. The normalized spacial score (nSPS) is 15.2. The minimum atomic E-state index is -0.432. The van der Waals surface area contributed by atoms with Crippen LogP contribution in [-0.4, -0.2) is 24.1 Å². The zero-order valence-corrected chi connectivity index (χ0v) is 13.4. The van der Waals surface area contributed by atoms with Gasteiger partial charge in [0.1, 0.15) is 5.82 Å². The van der Waals surface area contributed by atoms with Gasteiger partial charge in [0.2, 0.25) is 5.91 Å². The molecule has 0 spiro atoms. The second-order valence-corrected chi connectivity index (χ2v) is 5.59. The van der Waals surface area contributed by atoms with Crippen molar-refractivity contribution in [3.8, 4) is 0 Å². The van der Waals surface area contributed by atoms with E-state index in [1.54, 1.807) is 12.1 Å². The van der Waals surface area contributed by atoms with Crippen molar-refractivity contribution in [3.63, 3.8) is 0 Å². The highest BCUT2D eigenvalue weighted by molar-refractivity contribution is 5.85. The van der Waals surface area contributed by atoms with Crippen molar-refractivity contribution in [2.24, 2.45) is 5.92 Å². The van der Waals surface area contributed by atoms with E-state index in [-0.39, 0.29) is 30.5 Å². The lowest BCUT2D eigenvalue weighted by atomic mass is 9.93. The van der Waals surface area contributed by atoms with E-state index >= 15 is 0 Å². The van der Waals surface area contributed by atoms with E-state index in [9.17, 15) is 9.18 Å². The molecule has 0 unspecified atom stereocenters. The number of benzene rings is 1. The molecule has 1 aliphatic heterocycles. The quantitative estimate of drug-likeness (QED) is 0.749. The van der Waals surface area contributed by atoms with E-state index in [1.807, 2.05) is 0 Å². The van der Waals surface area contributed by atoms with Crippen LogP contribution in [0.25, 0.3) is 0 Å². The van der Waals surface area contributed by atoms with Gasteiger partial charge in [-0.3, -0.25) is 4.79 Å². The van der Waals surface area contributed by atoms with Gasteiger partial charge in [-0.1, -0.05) is 12.1 Å². The van der Waals surface area contributed by atoms with E-state index < -0.39 is 5.82 Å². The molecule has 22 heavy (non-hydrogen) atoms. The first-order valence-electron chi connectivity index (χ1n) is 7.54. The molecule has 1 aromatic rings. The van der Waals surface area contributed by atoms with Crippen LogP contribution in [0.4, 0.5) is 4.39 Å². The number of nitrogens with one attached hydrogen (secondary N) is 2. The lowest BCUT2D eigenvalue weighted by Gasteiger charge is -2.22. The summed E-state index contributed by atoms with van der Waals surface area (Å²) in [6.07, 6.45) is 3.73. The highest BCUT2D eigenvalue weighted by atomic mass is 35.5. The Balaban J connectivity index is 0.00000242. The van der Waals surface area contributed by atoms with Crippen LogP contribution < -0.4 is 10.6 Å². The third-order valence-electron chi connectivity index (χ3n) is 4.02. The number of rotatable bonds is 6. The molecule has 6 heteroatoms. The summed E-state index contributed by atoms with van der Waals surface area (Å²) in [5.41, 5.74) is 0.982. The van der Waals surface area contributed by atoms with Crippen LogP contribution in [0.2, 0.25) is 0 Å². The molecule has 4 nitrogen and oxygen atoms in total. The maximum atomic E-state index is 13.5. The lowest BCUT2D eigenvalue weighted by Crippen LogP contribution is -2.29. The molecule has 1 heterocycles. The molecule has 3 N–H and O–H groups in total. The number of carbonyl (C=O) groups excluding carboxylic acids is 1. The zero-order chi connectivity index (χ0) is 15.1. The fourth-order valence-electron chi connectivity index (χ4n) is 2.62. The maximum Gasteiger partial charge on any atom is 0.220 e. The lowest BCUT2D eigenvalue weighted by molar-refractivity contribution is -0.121. The third kappa shape index (κ3) is 5.91. The van der Waals surface area contributed by atoms with Crippen molar-refractivity contribution in [3.05, 3.63) is 35.1 Å². The number of hydrogen-bond acceptors (Lipinski definition) is 3. The number of piperidine rings is 1. The van der Waals surface area contributed by atoms with Crippen molar-refractivity contribution >= 4 is 18.3 Å². The minimum absolute atomic E-state index is 0. The number of halogens is 2.